The summed E-state index contributed by atoms with van der Waals surface area (Å²) in [7, 11) is 0.189. The smallest absolute Gasteiger partial charge is 0.107 e. The van der Waals surface area contributed by atoms with Gasteiger partial charge in [-0.1, -0.05) is 65.2 Å². The van der Waals surface area contributed by atoms with Crippen molar-refractivity contribution in [2.24, 2.45) is 0 Å². The van der Waals surface area contributed by atoms with Gasteiger partial charge in [0, 0.05) is 13.3 Å². The fraction of sp³-hybridized carbons (Fsp3) is 1.00. The van der Waals surface area contributed by atoms with Gasteiger partial charge in [-0.15, -0.1) is 0 Å². The van der Waals surface area contributed by atoms with Crippen molar-refractivity contribution in [1.82, 2.24) is 0 Å². The van der Waals surface area contributed by atoms with Crippen LogP contribution in [0.25, 0.3) is 0 Å². The maximum Gasteiger partial charge on any atom is 0.107 e. The van der Waals surface area contributed by atoms with E-state index in [-0.39, 0.29) is 5.85 Å². The lowest BCUT2D eigenvalue weighted by Gasteiger charge is -2.15. The quantitative estimate of drug-likeness (QED) is 0.330. The summed E-state index contributed by atoms with van der Waals surface area (Å²) in [5.41, 5.74) is 0. The van der Waals surface area contributed by atoms with E-state index in [2.05, 4.69) is 13.8 Å². The Balaban J connectivity index is 3.62. The third-order valence-corrected chi connectivity index (χ3v) is 5.58. The Morgan fingerprint density at radius 2 is 1.44 bits per heavy atom. The Bertz CT molecular complexity index is 195. The summed E-state index contributed by atoms with van der Waals surface area (Å²) in [6.07, 6.45) is 13.1. The fourth-order valence-electron chi connectivity index (χ4n) is 2.23. The second kappa shape index (κ2) is 13.6. The summed E-state index contributed by atoms with van der Waals surface area (Å²) < 4.78 is 17.5. The van der Waals surface area contributed by atoms with Crippen LogP contribution < -0.4 is 0 Å². The lowest BCUT2D eigenvalue weighted by molar-refractivity contribution is 0.155. The molecule has 0 aliphatic carbocycles. The number of hydrogen-bond donors (Lipinski definition) is 0. The first-order valence-corrected chi connectivity index (χ1v) is 9.51. The van der Waals surface area contributed by atoms with Gasteiger partial charge in [-0.2, -0.15) is 0 Å². The van der Waals surface area contributed by atoms with E-state index < -0.39 is 7.80 Å². The average molecular weight is 276 g/mol. The van der Waals surface area contributed by atoms with E-state index in [9.17, 15) is 4.57 Å². The summed E-state index contributed by atoms with van der Waals surface area (Å²) in [5.74, 6) is 0.0400. The monoisotopic (exact) mass is 276 g/mol. The highest BCUT2D eigenvalue weighted by Gasteiger charge is 2.14. The van der Waals surface area contributed by atoms with Gasteiger partial charge in [0.25, 0.3) is 0 Å². The molecule has 0 bridgehead atoms. The van der Waals surface area contributed by atoms with Crippen molar-refractivity contribution in [3.63, 3.8) is 0 Å². The molecule has 0 rings (SSSR count). The molecular formula is C15H33O2P. The topological polar surface area (TPSA) is 26.3 Å². The number of rotatable bonds is 13. The zero-order valence-corrected chi connectivity index (χ0v) is 13.7. The van der Waals surface area contributed by atoms with Crippen molar-refractivity contribution in [2.45, 2.75) is 83.9 Å². The van der Waals surface area contributed by atoms with E-state index in [0.29, 0.717) is 0 Å². The Morgan fingerprint density at radius 1 is 0.889 bits per heavy atom. The summed E-state index contributed by atoms with van der Waals surface area (Å²) in [6, 6.07) is 0. The van der Waals surface area contributed by atoms with Gasteiger partial charge in [0.2, 0.25) is 0 Å². The van der Waals surface area contributed by atoms with Crippen molar-refractivity contribution in [3.05, 3.63) is 0 Å². The molecule has 0 spiro atoms. The van der Waals surface area contributed by atoms with Crippen LogP contribution in [0.5, 0.6) is 0 Å². The Labute approximate surface area is 115 Å². The predicted octanol–water partition coefficient (Wildman–Crippen LogP) is 5.46. The average Bonchev–Trinajstić information content (AvgIpc) is 2.39. The minimum absolute atomic E-state index is 0.0400. The molecule has 0 aliphatic heterocycles. The molecule has 2 atom stereocenters. The second-order valence-corrected chi connectivity index (χ2v) is 7.28. The molecule has 0 aromatic rings. The Kier molecular flexibility index (Phi) is 13.8. The molecule has 2 nitrogen and oxygen atoms in total. The first-order chi connectivity index (χ1) is 8.76. The van der Waals surface area contributed by atoms with Gasteiger partial charge in [-0.05, 0) is 12.8 Å². The molecule has 0 amide bonds. The molecule has 3 heteroatoms. The molecule has 110 valence electrons. The zero-order chi connectivity index (χ0) is 13.6. The highest BCUT2D eigenvalue weighted by molar-refractivity contribution is 7.45. The molecule has 0 aromatic carbocycles. The molecule has 0 aromatic heterocycles. The molecule has 0 aliphatic rings. The van der Waals surface area contributed by atoms with Crippen molar-refractivity contribution in [2.75, 3.05) is 13.3 Å². The largest absolute Gasteiger partial charge is 0.374 e. The van der Waals surface area contributed by atoms with Crippen LogP contribution in [0, 0.1) is 0 Å². The van der Waals surface area contributed by atoms with Crippen LogP contribution in [-0.4, -0.2) is 19.1 Å². The maximum absolute atomic E-state index is 12.1. The molecule has 2 unspecified atom stereocenters. The lowest BCUT2D eigenvalue weighted by Crippen LogP contribution is -2.06. The molecule has 0 heterocycles. The minimum atomic E-state index is -1.52. The van der Waals surface area contributed by atoms with Gasteiger partial charge in [-0.3, -0.25) is 0 Å². The van der Waals surface area contributed by atoms with Crippen LogP contribution in [0.1, 0.15) is 78.1 Å². The van der Waals surface area contributed by atoms with Crippen LogP contribution in [-0.2, 0) is 9.30 Å². The minimum Gasteiger partial charge on any atom is -0.374 e. The summed E-state index contributed by atoms with van der Waals surface area (Å²) in [4.78, 5) is 0. The number of ether oxygens (including phenoxy) is 1. The highest BCUT2D eigenvalue weighted by Crippen LogP contribution is 2.33. The maximum atomic E-state index is 12.1. The predicted molar refractivity (Wildman–Crippen MR) is 82.2 cm³/mol. The molecular weight excluding hydrogens is 243 g/mol. The molecule has 18 heavy (non-hydrogen) atoms. The van der Waals surface area contributed by atoms with Crippen molar-refractivity contribution in [3.8, 4) is 0 Å². The van der Waals surface area contributed by atoms with Crippen molar-refractivity contribution in [1.29, 1.82) is 0 Å². The van der Waals surface area contributed by atoms with E-state index >= 15 is 0 Å². The normalized spacial score (nSPS) is 14.6. The van der Waals surface area contributed by atoms with Gasteiger partial charge in [-0.25, -0.2) is 0 Å². The molecule has 0 saturated carbocycles. The standard InChI is InChI=1S/C15H33O2P/c1-4-6-8-10-11-13-15(17-3)18(16)14-12-9-7-5-2/h15,18H,4-14H2,1-3H3. The molecule has 0 radical (unpaired) electrons. The van der Waals surface area contributed by atoms with Crippen LogP contribution in [0.4, 0.5) is 0 Å². The molecule has 0 fully saturated rings. The third-order valence-electron chi connectivity index (χ3n) is 3.49. The van der Waals surface area contributed by atoms with Crippen molar-refractivity contribution < 1.29 is 9.30 Å². The zero-order valence-electron chi connectivity index (χ0n) is 12.7. The number of hydrogen-bond acceptors (Lipinski definition) is 2. The van der Waals surface area contributed by atoms with Gasteiger partial charge in [0.15, 0.2) is 0 Å². The first kappa shape index (κ1) is 18.2. The Morgan fingerprint density at radius 3 is 2.00 bits per heavy atom. The molecule has 0 N–H and O–H groups in total. The van der Waals surface area contributed by atoms with Crippen LogP contribution >= 0.6 is 7.80 Å². The SMILES string of the molecule is CCCCCCCC(OC)[PH](=O)CCCCCC. The van der Waals surface area contributed by atoms with Crippen molar-refractivity contribution >= 4 is 7.80 Å². The van der Waals surface area contributed by atoms with E-state index in [1.165, 1.54) is 51.4 Å². The third kappa shape index (κ3) is 10.1. The van der Waals surface area contributed by atoms with Gasteiger partial charge >= 0.3 is 0 Å². The van der Waals surface area contributed by atoms with Crippen LogP contribution in [0.2, 0.25) is 0 Å². The lowest BCUT2D eigenvalue weighted by atomic mass is 10.1. The number of unbranched alkanes of at least 4 members (excludes halogenated alkanes) is 7. The fourth-order valence-corrected chi connectivity index (χ4v) is 3.94. The second-order valence-electron chi connectivity index (χ2n) is 5.20. The van der Waals surface area contributed by atoms with Gasteiger partial charge < -0.3 is 9.30 Å². The summed E-state index contributed by atoms with van der Waals surface area (Å²) in [5, 5.41) is 0. The number of methoxy groups -OCH3 is 1. The van der Waals surface area contributed by atoms with Crippen LogP contribution in [0.3, 0.4) is 0 Å². The summed E-state index contributed by atoms with van der Waals surface area (Å²) in [6.45, 7) is 4.43. The van der Waals surface area contributed by atoms with Crippen LogP contribution in [0.15, 0.2) is 0 Å². The van der Waals surface area contributed by atoms with E-state index in [0.717, 1.165) is 19.0 Å². The van der Waals surface area contributed by atoms with Gasteiger partial charge in [0.1, 0.15) is 13.6 Å². The van der Waals surface area contributed by atoms with Gasteiger partial charge in [0.05, 0.1) is 0 Å². The Hall–Kier alpha value is 0.190. The van der Waals surface area contributed by atoms with E-state index in [1.54, 1.807) is 7.11 Å². The summed E-state index contributed by atoms with van der Waals surface area (Å²) >= 11 is 0. The highest BCUT2D eigenvalue weighted by atomic mass is 31.1. The first-order valence-electron chi connectivity index (χ1n) is 7.81. The van der Waals surface area contributed by atoms with E-state index in [4.69, 9.17) is 4.74 Å². The van der Waals surface area contributed by atoms with E-state index in [1.807, 2.05) is 0 Å². The molecule has 0 saturated heterocycles.